The Hall–Kier alpha value is -2.66. The number of anilines is 1. The number of halogens is 1. The largest absolute Gasteiger partial charge is 0.323 e. The molecule has 1 N–H and O–H groups in total. The van der Waals surface area contributed by atoms with Crippen molar-refractivity contribution in [3.05, 3.63) is 64.7 Å². The van der Waals surface area contributed by atoms with Crippen LogP contribution >= 0.6 is 11.6 Å². The van der Waals surface area contributed by atoms with Crippen molar-refractivity contribution in [2.75, 3.05) is 5.32 Å². The third-order valence-electron chi connectivity index (χ3n) is 4.40. The first-order valence-electron chi connectivity index (χ1n) is 8.57. The van der Waals surface area contributed by atoms with E-state index in [0.29, 0.717) is 34.7 Å². The molecule has 0 unspecified atom stereocenters. The lowest BCUT2D eigenvalue weighted by Gasteiger charge is -2.25. The number of benzene rings is 2. The molecule has 0 saturated carbocycles. The molecule has 5 nitrogen and oxygen atoms in total. The number of imide groups is 1. The third-order valence-corrected chi connectivity index (χ3v) is 4.73. The SMILES string of the molecule is CCCC[C@@H](C(=O)Nc1ccccc1Cl)N1C(=O)c2ccccc2C1=O. The van der Waals surface area contributed by atoms with Gasteiger partial charge in [-0.05, 0) is 30.7 Å². The molecule has 0 fully saturated rings. The lowest BCUT2D eigenvalue weighted by Crippen LogP contribution is -2.47. The summed E-state index contributed by atoms with van der Waals surface area (Å²) in [6.45, 7) is 1.99. The highest BCUT2D eigenvalue weighted by atomic mass is 35.5. The maximum Gasteiger partial charge on any atom is 0.262 e. The van der Waals surface area contributed by atoms with Gasteiger partial charge in [-0.15, -0.1) is 0 Å². The normalized spacial score (nSPS) is 14.3. The Balaban J connectivity index is 1.89. The van der Waals surface area contributed by atoms with E-state index in [1.54, 1.807) is 48.5 Å². The van der Waals surface area contributed by atoms with Gasteiger partial charge in [-0.3, -0.25) is 19.3 Å². The van der Waals surface area contributed by atoms with Crippen molar-refractivity contribution in [2.24, 2.45) is 0 Å². The van der Waals surface area contributed by atoms with Crippen LogP contribution in [0.2, 0.25) is 5.02 Å². The molecule has 3 rings (SSSR count). The summed E-state index contributed by atoms with van der Waals surface area (Å²) in [7, 11) is 0. The van der Waals surface area contributed by atoms with Gasteiger partial charge in [-0.2, -0.15) is 0 Å². The highest BCUT2D eigenvalue weighted by Gasteiger charge is 2.42. The van der Waals surface area contributed by atoms with Gasteiger partial charge in [0.15, 0.2) is 0 Å². The van der Waals surface area contributed by atoms with Crippen LogP contribution in [0, 0.1) is 0 Å². The van der Waals surface area contributed by atoms with Crippen LogP contribution in [-0.4, -0.2) is 28.7 Å². The number of carbonyl (C=O) groups excluding carboxylic acids is 3. The number of rotatable bonds is 6. The number of hydrogen-bond acceptors (Lipinski definition) is 3. The summed E-state index contributed by atoms with van der Waals surface area (Å²) in [5, 5.41) is 3.15. The molecule has 0 aromatic heterocycles. The number of nitrogens with zero attached hydrogens (tertiary/aromatic N) is 1. The molecule has 0 radical (unpaired) electrons. The fourth-order valence-corrected chi connectivity index (χ4v) is 3.23. The number of carbonyl (C=O) groups is 3. The summed E-state index contributed by atoms with van der Waals surface area (Å²) in [5.74, 6) is -1.27. The third kappa shape index (κ3) is 3.35. The molecule has 0 saturated heterocycles. The Morgan fingerprint density at radius 3 is 2.19 bits per heavy atom. The van der Waals surface area contributed by atoms with Gasteiger partial charge in [0.05, 0.1) is 21.8 Å². The van der Waals surface area contributed by atoms with Gasteiger partial charge in [0.2, 0.25) is 5.91 Å². The van der Waals surface area contributed by atoms with Crippen LogP contribution in [0.15, 0.2) is 48.5 Å². The van der Waals surface area contributed by atoms with E-state index in [0.717, 1.165) is 11.3 Å². The van der Waals surface area contributed by atoms with Crippen molar-refractivity contribution < 1.29 is 14.4 Å². The summed E-state index contributed by atoms with van der Waals surface area (Å²) in [6, 6.07) is 12.6. The zero-order valence-corrected chi connectivity index (χ0v) is 15.1. The fourth-order valence-electron chi connectivity index (χ4n) is 3.04. The first-order valence-corrected chi connectivity index (χ1v) is 8.94. The van der Waals surface area contributed by atoms with E-state index in [-0.39, 0.29) is 0 Å². The molecule has 3 amide bonds. The minimum absolute atomic E-state index is 0.338. The zero-order chi connectivity index (χ0) is 18.7. The predicted molar refractivity (Wildman–Crippen MR) is 100 cm³/mol. The number of unbranched alkanes of at least 4 members (excludes halogenated alkanes) is 1. The Morgan fingerprint density at radius 2 is 1.62 bits per heavy atom. The first-order chi connectivity index (χ1) is 12.5. The van der Waals surface area contributed by atoms with Crippen LogP contribution in [0.25, 0.3) is 0 Å². The Morgan fingerprint density at radius 1 is 1.04 bits per heavy atom. The van der Waals surface area contributed by atoms with Crippen LogP contribution in [-0.2, 0) is 4.79 Å². The van der Waals surface area contributed by atoms with Crippen molar-refractivity contribution in [2.45, 2.75) is 32.2 Å². The molecule has 0 spiro atoms. The van der Waals surface area contributed by atoms with Gasteiger partial charge >= 0.3 is 0 Å². The molecule has 134 valence electrons. The molecule has 26 heavy (non-hydrogen) atoms. The minimum atomic E-state index is -0.876. The van der Waals surface area contributed by atoms with Crippen LogP contribution in [0.3, 0.4) is 0 Å². The summed E-state index contributed by atoms with van der Waals surface area (Å²) < 4.78 is 0. The quantitative estimate of drug-likeness (QED) is 0.777. The van der Waals surface area contributed by atoms with Gasteiger partial charge in [0.25, 0.3) is 11.8 Å². The topological polar surface area (TPSA) is 66.5 Å². The smallest absolute Gasteiger partial charge is 0.262 e. The zero-order valence-electron chi connectivity index (χ0n) is 14.4. The van der Waals surface area contributed by atoms with Crippen molar-refractivity contribution in [3.8, 4) is 0 Å². The van der Waals surface area contributed by atoms with Gasteiger partial charge in [-0.25, -0.2) is 0 Å². The fraction of sp³-hybridized carbons (Fsp3) is 0.250. The summed E-state index contributed by atoms with van der Waals surface area (Å²) in [5.41, 5.74) is 1.13. The number of nitrogens with one attached hydrogen (secondary N) is 1. The van der Waals surface area contributed by atoms with Gasteiger partial charge in [-0.1, -0.05) is 55.6 Å². The van der Waals surface area contributed by atoms with Gasteiger partial charge in [0, 0.05) is 0 Å². The number of hydrogen-bond donors (Lipinski definition) is 1. The Kier molecular flexibility index (Phi) is 5.38. The second-order valence-electron chi connectivity index (χ2n) is 6.15. The average molecular weight is 371 g/mol. The molecule has 1 atom stereocenters. The van der Waals surface area contributed by atoms with E-state index >= 15 is 0 Å². The molecular weight excluding hydrogens is 352 g/mol. The van der Waals surface area contributed by atoms with E-state index in [2.05, 4.69) is 5.32 Å². The highest BCUT2D eigenvalue weighted by molar-refractivity contribution is 6.33. The number of fused-ring (bicyclic) bond motifs is 1. The van der Waals surface area contributed by atoms with Crippen LogP contribution in [0.4, 0.5) is 5.69 Å². The van der Waals surface area contributed by atoms with Crippen molar-refractivity contribution >= 4 is 35.0 Å². The van der Waals surface area contributed by atoms with E-state index in [4.69, 9.17) is 11.6 Å². The summed E-state index contributed by atoms with van der Waals surface area (Å²) >= 11 is 6.11. The van der Waals surface area contributed by atoms with Crippen molar-refractivity contribution in [1.29, 1.82) is 0 Å². The Labute approximate surface area is 156 Å². The molecule has 1 aliphatic rings. The Bertz CT molecular complexity index is 831. The molecule has 1 heterocycles. The van der Waals surface area contributed by atoms with E-state index in [1.807, 2.05) is 6.92 Å². The maximum atomic E-state index is 12.9. The van der Waals surface area contributed by atoms with Crippen LogP contribution in [0.5, 0.6) is 0 Å². The lowest BCUT2D eigenvalue weighted by molar-refractivity contribution is -0.120. The van der Waals surface area contributed by atoms with Gasteiger partial charge in [0.1, 0.15) is 6.04 Å². The second-order valence-corrected chi connectivity index (χ2v) is 6.56. The first kappa shape index (κ1) is 18.1. The second kappa shape index (κ2) is 7.70. The molecule has 2 aromatic carbocycles. The lowest BCUT2D eigenvalue weighted by atomic mass is 10.1. The van der Waals surface area contributed by atoms with Crippen molar-refractivity contribution in [1.82, 2.24) is 4.90 Å². The average Bonchev–Trinajstić information content (AvgIpc) is 2.89. The van der Waals surface area contributed by atoms with Crippen molar-refractivity contribution in [3.63, 3.8) is 0 Å². The van der Waals surface area contributed by atoms with E-state index < -0.39 is 23.8 Å². The maximum absolute atomic E-state index is 12.9. The van der Waals surface area contributed by atoms with Crippen LogP contribution < -0.4 is 5.32 Å². The predicted octanol–water partition coefficient (Wildman–Crippen LogP) is 4.13. The monoisotopic (exact) mass is 370 g/mol. The van der Waals surface area contributed by atoms with E-state index in [9.17, 15) is 14.4 Å². The molecule has 6 heteroatoms. The molecule has 0 bridgehead atoms. The molecule has 1 aliphatic heterocycles. The molecule has 2 aromatic rings. The molecular formula is C20H19ClN2O3. The standard InChI is InChI=1S/C20H19ClN2O3/c1-2-3-12-17(18(24)22-16-11-7-6-10-15(16)21)23-19(25)13-8-4-5-9-14(13)20(23)26/h4-11,17H,2-3,12H2,1H3,(H,22,24)/t17-/m0/s1. The number of amides is 3. The highest BCUT2D eigenvalue weighted by Crippen LogP contribution is 2.28. The minimum Gasteiger partial charge on any atom is -0.323 e. The summed E-state index contributed by atoms with van der Waals surface area (Å²) in [6.07, 6.45) is 1.96. The summed E-state index contributed by atoms with van der Waals surface area (Å²) in [4.78, 5) is 39.4. The van der Waals surface area contributed by atoms with Crippen LogP contribution in [0.1, 0.15) is 46.9 Å². The van der Waals surface area contributed by atoms with E-state index in [1.165, 1.54) is 0 Å². The molecule has 0 aliphatic carbocycles. The number of para-hydroxylation sites is 1. The van der Waals surface area contributed by atoms with Gasteiger partial charge < -0.3 is 5.32 Å².